The van der Waals surface area contributed by atoms with Crippen LogP contribution in [0.5, 0.6) is 0 Å². The quantitative estimate of drug-likeness (QED) is 0.863. The molecule has 0 radical (unpaired) electrons. The fraction of sp³-hybridized carbons (Fsp3) is 0.462. The summed E-state index contributed by atoms with van der Waals surface area (Å²) in [5.41, 5.74) is 0.511. The highest BCUT2D eigenvalue weighted by Gasteiger charge is 2.28. The summed E-state index contributed by atoms with van der Waals surface area (Å²) in [6, 6.07) is 4.59. The highest BCUT2D eigenvalue weighted by molar-refractivity contribution is 9.10. The molecule has 2 rings (SSSR count). The van der Waals surface area contributed by atoms with E-state index >= 15 is 0 Å². The van der Waals surface area contributed by atoms with E-state index in [1.54, 1.807) is 0 Å². The molecule has 0 aromatic heterocycles. The summed E-state index contributed by atoms with van der Waals surface area (Å²) < 4.78 is 13.5. The van der Waals surface area contributed by atoms with Gasteiger partial charge < -0.3 is 10.2 Å². The van der Waals surface area contributed by atoms with Gasteiger partial charge in [-0.1, -0.05) is 0 Å². The number of hydrogen-bond donors (Lipinski definition) is 1. The summed E-state index contributed by atoms with van der Waals surface area (Å²) in [5, 5.41) is 3.33. The van der Waals surface area contributed by atoms with Crippen LogP contribution >= 0.6 is 15.9 Å². The van der Waals surface area contributed by atoms with Crippen LogP contribution in [0.1, 0.15) is 24.2 Å². The molecular formula is C13H16BrFN2O. The first-order valence-corrected chi connectivity index (χ1v) is 6.77. The van der Waals surface area contributed by atoms with E-state index in [9.17, 15) is 9.18 Å². The van der Waals surface area contributed by atoms with Gasteiger partial charge in [0.25, 0.3) is 5.91 Å². The van der Waals surface area contributed by atoms with Gasteiger partial charge in [0, 0.05) is 29.6 Å². The van der Waals surface area contributed by atoms with Crippen LogP contribution in [-0.4, -0.2) is 36.0 Å². The molecule has 18 heavy (non-hydrogen) atoms. The predicted octanol–water partition coefficient (Wildman–Crippen LogP) is 2.41. The van der Waals surface area contributed by atoms with Crippen LogP contribution in [0.3, 0.4) is 0 Å². The van der Waals surface area contributed by atoms with Gasteiger partial charge in [-0.3, -0.25) is 4.79 Å². The summed E-state index contributed by atoms with van der Waals surface area (Å²) in [7, 11) is 0. The number of carbonyl (C=O) groups is 1. The molecule has 1 N–H and O–H groups in total. The van der Waals surface area contributed by atoms with Crippen LogP contribution in [0.15, 0.2) is 22.7 Å². The molecule has 1 aliphatic rings. The van der Waals surface area contributed by atoms with Gasteiger partial charge in [-0.05, 0) is 48.0 Å². The van der Waals surface area contributed by atoms with E-state index in [1.807, 2.05) is 18.7 Å². The lowest BCUT2D eigenvalue weighted by atomic mass is 10.1. The summed E-state index contributed by atoms with van der Waals surface area (Å²) in [4.78, 5) is 14.3. The summed E-state index contributed by atoms with van der Waals surface area (Å²) in [5.74, 6) is -0.400. The largest absolute Gasteiger partial charge is 0.333 e. The highest BCUT2D eigenvalue weighted by Crippen LogP contribution is 2.21. The van der Waals surface area contributed by atoms with Gasteiger partial charge >= 0.3 is 0 Å². The molecule has 1 aromatic rings. The van der Waals surface area contributed by atoms with Crippen molar-refractivity contribution in [3.8, 4) is 0 Å². The Morgan fingerprint density at radius 2 is 2.22 bits per heavy atom. The van der Waals surface area contributed by atoms with Crippen molar-refractivity contribution in [2.45, 2.75) is 25.9 Å². The van der Waals surface area contributed by atoms with Crippen molar-refractivity contribution < 1.29 is 9.18 Å². The third kappa shape index (κ3) is 2.72. The number of piperazine rings is 1. The first-order valence-electron chi connectivity index (χ1n) is 5.98. The number of halogens is 2. The average Bonchev–Trinajstić information content (AvgIpc) is 2.31. The Bertz CT molecular complexity index is 466. The minimum absolute atomic E-state index is 0.0530. The number of carbonyl (C=O) groups excluding carboxylic acids is 1. The molecule has 1 heterocycles. The molecule has 5 heteroatoms. The second-order valence-corrected chi connectivity index (χ2v) is 5.59. The van der Waals surface area contributed by atoms with Crippen molar-refractivity contribution in [2.24, 2.45) is 0 Å². The summed E-state index contributed by atoms with van der Waals surface area (Å²) in [6.45, 7) is 5.51. The zero-order chi connectivity index (χ0) is 13.3. The lowest BCUT2D eigenvalue weighted by Crippen LogP contribution is -2.56. The Hall–Kier alpha value is -0.940. The fourth-order valence-electron chi connectivity index (χ4n) is 2.12. The molecule has 0 saturated carbocycles. The van der Waals surface area contributed by atoms with Gasteiger partial charge in [-0.25, -0.2) is 4.39 Å². The summed E-state index contributed by atoms with van der Waals surface area (Å²) >= 11 is 3.25. The molecule has 2 atom stereocenters. The zero-order valence-electron chi connectivity index (χ0n) is 10.4. The number of benzene rings is 1. The SMILES string of the molecule is CC1CN(C(=O)c2ccc(F)cc2Br)C(C)CN1. The highest BCUT2D eigenvalue weighted by atomic mass is 79.9. The molecule has 1 fully saturated rings. The molecule has 1 saturated heterocycles. The van der Waals surface area contributed by atoms with Crippen molar-refractivity contribution in [1.29, 1.82) is 0 Å². The second-order valence-electron chi connectivity index (χ2n) is 4.74. The molecule has 1 aliphatic heterocycles. The smallest absolute Gasteiger partial charge is 0.255 e. The van der Waals surface area contributed by atoms with Crippen LogP contribution < -0.4 is 5.32 Å². The van der Waals surface area contributed by atoms with Gasteiger partial charge in [-0.2, -0.15) is 0 Å². The summed E-state index contributed by atoms with van der Waals surface area (Å²) in [6.07, 6.45) is 0. The monoisotopic (exact) mass is 314 g/mol. The van der Waals surface area contributed by atoms with E-state index in [1.165, 1.54) is 18.2 Å². The maximum atomic E-state index is 13.0. The first kappa shape index (κ1) is 13.5. The number of hydrogen-bond acceptors (Lipinski definition) is 2. The Labute approximate surface area is 114 Å². The van der Waals surface area contributed by atoms with Gasteiger partial charge in [0.2, 0.25) is 0 Å². The van der Waals surface area contributed by atoms with E-state index in [0.29, 0.717) is 16.6 Å². The van der Waals surface area contributed by atoms with Crippen molar-refractivity contribution in [3.63, 3.8) is 0 Å². The molecule has 0 spiro atoms. The predicted molar refractivity (Wildman–Crippen MR) is 72.1 cm³/mol. The lowest BCUT2D eigenvalue weighted by Gasteiger charge is -2.37. The van der Waals surface area contributed by atoms with E-state index in [0.717, 1.165) is 6.54 Å². The van der Waals surface area contributed by atoms with Crippen LogP contribution in [0.25, 0.3) is 0 Å². The van der Waals surface area contributed by atoms with Gasteiger partial charge in [0.1, 0.15) is 5.82 Å². The van der Waals surface area contributed by atoms with E-state index in [-0.39, 0.29) is 23.8 Å². The number of nitrogens with zero attached hydrogens (tertiary/aromatic N) is 1. The normalized spacial score (nSPS) is 24.1. The fourth-order valence-corrected chi connectivity index (χ4v) is 2.64. The van der Waals surface area contributed by atoms with E-state index < -0.39 is 0 Å². The molecule has 2 unspecified atom stereocenters. The minimum Gasteiger partial charge on any atom is -0.333 e. The van der Waals surface area contributed by atoms with Gasteiger partial charge in [0.05, 0.1) is 5.56 Å². The standard InChI is InChI=1S/C13H16BrFN2O/c1-8-7-17(9(2)6-16-8)13(18)11-4-3-10(15)5-12(11)14/h3-5,8-9,16H,6-7H2,1-2H3. The van der Waals surface area contributed by atoms with Crippen molar-refractivity contribution in [3.05, 3.63) is 34.1 Å². The number of rotatable bonds is 1. The van der Waals surface area contributed by atoms with Crippen LogP contribution in [0, 0.1) is 5.82 Å². The molecule has 1 aromatic carbocycles. The van der Waals surface area contributed by atoms with Crippen LogP contribution in [-0.2, 0) is 0 Å². The Kier molecular flexibility index (Phi) is 4.02. The van der Waals surface area contributed by atoms with Gasteiger partial charge in [0.15, 0.2) is 0 Å². The Balaban J connectivity index is 2.24. The molecule has 0 aliphatic carbocycles. The Morgan fingerprint density at radius 3 is 2.89 bits per heavy atom. The molecule has 1 amide bonds. The zero-order valence-corrected chi connectivity index (χ0v) is 12.0. The number of nitrogens with one attached hydrogen (secondary N) is 1. The van der Waals surface area contributed by atoms with Crippen LogP contribution in [0.2, 0.25) is 0 Å². The second kappa shape index (κ2) is 5.36. The topological polar surface area (TPSA) is 32.3 Å². The maximum absolute atomic E-state index is 13.0. The molecule has 3 nitrogen and oxygen atoms in total. The molecule has 0 bridgehead atoms. The van der Waals surface area contributed by atoms with E-state index in [4.69, 9.17) is 0 Å². The van der Waals surface area contributed by atoms with Crippen molar-refractivity contribution in [1.82, 2.24) is 10.2 Å². The molecule has 98 valence electrons. The lowest BCUT2D eigenvalue weighted by molar-refractivity contribution is 0.0615. The van der Waals surface area contributed by atoms with Crippen molar-refractivity contribution >= 4 is 21.8 Å². The number of amides is 1. The third-order valence-electron chi connectivity index (χ3n) is 3.19. The maximum Gasteiger partial charge on any atom is 0.255 e. The average molecular weight is 315 g/mol. The third-order valence-corrected chi connectivity index (χ3v) is 3.84. The van der Waals surface area contributed by atoms with Crippen molar-refractivity contribution in [2.75, 3.05) is 13.1 Å². The van der Waals surface area contributed by atoms with E-state index in [2.05, 4.69) is 21.2 Å². The molecular weight excluding hydrogens is 299 g/mol. The Morgan fingerprint density at radius 1 is 1.50 bits per heavy atom. The van der Waals surface area contributed by atoms with Crippen LogP contribution in [0.4, 0.5) is 4.39 Å². The first-order chi connectivity index (χ1) is 8.49. The van der Waals surface area contributed by atoms with Gasteiger partial charge in [-0.15, -0.1) is 0 Å². The minimum atomic E-state index is -0.347.